The molecular formula is C12H15ClN4. The van der Waals surface area contributed by atoms with E-state index < -0.39 is 0 Å². The van der Waals surface area contributed by atoms with Crippen LogP contribution in [0.25, 0.3) is 11.4 Å². The van der Waals surface area contributed by atoms with Crippen LogP contribution in [-0.4, -0.2) is 29.0 Å². The Hall–Kier alpha value is -1.68. The lowest BCUT2D eigenvalue weighted by molar-refractivity contribution is 1.02. The van der Waals surface area contributed by atoms with Gasteiger partial charge in [-0.1, -0.05) is 0 Å². The Bertz CT molecular complexity index is 485. The van der Waals surface area contributed by atoms with E-state index in [1.54, 1.807) is 12.4 Å². The first-order chi connectivity index (χ1) is 7.66. The highest BCUT2D eigenvalue weighted by atomic mass is 35.5. The molecule has 0 aliphatic heterocycles. The van der Waals surface area contributed by atoms with Crippen LogP contribution in [-0.2, 0) is 0 Å². The molecule has 17 heavy (non-hydrogen) atoms. The molecule has 2 rings (SSSR count). The minimum atomic E-state index is 0. The van der Waals surface area contributed by atoms with Crippen molar-refractivity contribution in [2.24, 2.45) is 0 Å². The number of rotatable bonds is 2. The van der Waals surface area contributed by atoms with E-state index in [0.717, 1.165) is 22.9 Å². The molecule has 2 aromatic rings. The van der Waals surface area contributed by atoms with Gasteiger partial charge in [0.25, 0.3) is 0 Å². The van der Waals surface area contributed by atoms with Gasteiger partial charge in [0.2, 0.25) is 0 Å². The van der Waals surface area contributed by atoms with Crippen molar-refractivity contribution in [2.75, 3.05) is 19.0 Å². The number of aryl methyl sites for hydroxylation is 1. The van der Waals surface area contributed by atoms with Gasteiger partial charge < -0.3 is 4.90 Å². The first-order valence-electron chi connectivity index (χ1n) is 5.10. The van der Waals surface area contributed by atoms with Crippen LogP contribution in [0, 0.1) is 6.92 Å². The lowest BCUT2D eigenvalue weighted by Gasteiger charge is -2.12. The Morgan fingerprint density at radius 1 is 1.06 bits per heavy atom. The van der Waals surface area contributed by atoms with Crippen LogP contribution in [0.3, 0.4) is 0 Å². The van der Waals surface area contributed by atoms with Gasteiger partial charge in [-0.2, -0.15) is 0 Å². The SMILES string of the molecule is Cc1cc(N(C)C)nc(-c2ccncc2)n1.Cl. The quantitative estimate of drug-likeness (QED) is 0.821. The molecular weight excluding hydrogens is 236 g/mol. The molecule has 0 bridgehead atoms. The first kappa shape index (κ1) is 13.4. The van der Waals surface area contributed by atoms with Crippen molar-refractivity contribution in [2.45, 2.75) is 6.92 Å². The molecule has 0 atom stereocenters. The first-order valence-corrected chi connectivity index (χ1v) is 5.10. The van der Waals surface area contributed by atoms with Gasteiger partial charge in [-0.15, -0.1) is 12.4 Å². The Kier molecular flexibility index (Phi) is 4.40. The molecule has 5 heteroatoms. The molecule has 90 valence electrons. The fraction of sp³-hybridized carbons (Fsp3) is 0.250. The molecule has 0 radical (unpaired) electrons. The Morgan fingerprint density at radius 2 is 1.71 bits per heavy atom. The fourth-order valence-corrected chi connectivity index (χ4v) is 1.41. The molecule has 0 fully saturated rings. The van der Waals surface area contributed by atoms with E-state index in [9.17, 15) is 0 Å². The summed E-state index contributed by atoms with van der Waals surface area (Å²) in [5.41, 5.74) is 1.95. The van der Waals surface area contributed by atoms with Gasteiger partial charge in [-0.25, -0.2) is 9.97 Å². The summed E-state index contributed by atoms with van der Waals surface area (Å²) in [7, 11) is 3.94. The molecule has 2 heterocycles. The fourth-order valence-electron chi connectivity index (χ4n) is 1.41. The summed E-state index contributed by atoms with van der Waals surface area (Å²) < 4.78 is 0. The average Bonchev–Trinajstić information content (AvgIpc) is 2.29. The number of hydrogen-bond acceptors (Lipinski definition) is 4. The van der Waals surface area contributed by atoms with Crippen LogP contribution in [0.2, 0.25) is 0 Å². The van der Waals surface area contributed by atoms with E-state index in [0.29, 0.717) is 0 Å². The van der Waals surface area contributed by atoms with Crippen LogP contribution in [0.15, 0.2) is 30.6 Å². The van der Waals surface area contributed by atoms with Gasteiger partial charge in [0.15, 0.2) is 5.82 Å². The van der Waals surface area contributed by atoms with Crippen LogP contribution >= 0.6 is 12.4 Å². The largest absolute Gasteiger partial charge is 0.363 e. The maximum atomic E-state index is 4.49. The molecule has 0 aliphatic rings. The zero-order valence-corrected chi connectivity index (χ0v) is 10.9. The minimum Gasteiger partial charge on any atom is -0.363 e. The number of pyridine rings is 1. The summed E-state index contributed by atoms with van der Waals surface area (Å²) in [5.74, 6) is 1.66. The van der Waals surface area contributed by atoms with Crippen molar-refractivity contribution in [3.8, 4) is 11.4 Å². The highest BCUT2D eigenvalue weighted by molar-refractivity contribution is 5.85. The van der Waals surface area contributed by atoms with Gasteiger partial charge in [0.1, 0.15) is 5.82 Å². The molecule has 2 aromatic heterocycles. The Morgan fingerprint density at radius 3 is 2.29 bits per heavy atom. The molecule has 0 saturated heterocycles. The molecule has 0 N–H and O–H groups in total. The van der Waals surface area contributed by atoms with Crippen molar-refractivity contribution in [1.82, 2.24) is 15.0 Å². The summed E-state index contributed by atoms with van der Waals surface area (Å²) in [5, 5.41) is 0. The van der Waals surface area contributed by atoms with E-state index in [1.807, 2.05) is 44.1 Å². The molecule has 4 nitrogen and oxygen atoms in total. The Balaban J connectivity index is 0.00000144. The van der Waals surface area contributed by atoms with Gasteiger partial charge in [0.05, 0.1) is 0 Å². The monoisotopic (exact) mass is 250 g/mol. The second-order valence-corrected chi connectivity index (χ2v) is 3.82. The third kappa shape index (κ3) is 3.14. The van der Waals surface area contributed by atoms with Crippen molar-refractivity contribution in [3.05, 3.63) is 36.3 Å². The lowest BCUT2D eigenvalue weighted by Crippen LogP contribution is -2.12. The summed E-state index contributed by atoms with van der Waals surface area (Å²) in [6.07, 6.45) is 3.49. The topological polar surface area (TPSA) is 41.9 Å². The van der Waals surface area contributed by atoms with E-state index in [-0.39, 0.29) is 12.4 Å². The summed E-state index contributed by atoms with van der Waals surface area (Å²) >= 11 is 0. The van der Waals surface area contributed by atoms with Gasteiger partial charge in [-0.3, -0.25) is 4.98 Å². The van der Waals surface area contributed by atoms with Crippen LogP contribution in [0.1, 0.15) is 5.69 Å². The summed E-state index contributed by atoms with van der Waals surface area (Å²) in [6, 6.07) is 5.78. The number of halogens is 1. The third-order valence-corrected chi connectivity index (χ3v) is 2.24. The molecule has 0 aromatic carbocycles. The predicted molar refractivity (Wildman–Crippen MR) is 71.6 cm³/mol. The van der Waals surface area contributed by atoms with Gasteiger partial charge in [0, 0.05) is 43.8 Å². The van der Waals surface area contributed by atoms with Crippen LogP contribution in [0.4, 0.5) is 5.82 Å². The molecule has 0 amide bonds. The number of anilines is 1. The smallest absolute Gasteiger partial charge is 0.161 e. The second-order valence-electron chi connectivity index (χ2n) is 3.82. The number of nitrogens with zero attached hydrogens (tertiary/aromatic N) is 4. The molecule has 0 aliphatic carbocycles. The van der Waals surface area contributed by atoms with Crippen molar-refractivity contribution in [1.29, 1.82) is 0 Å². The normalized spacial score (nSPS) is 9.59. The second kappa shape index (κ2) is 5.59. The van der Waals surface area contributed by atoms with Crippen molar-refractivity contribution < 1.29 is 0 Å². The summed E-state index contributed by atoms with van der Waals surface area (Å²) in [6.45, 7) is 1.97. The Labute approximate surface area is 107 Å². The zero-order valence-electron chi connectivity index (χ0n) is 10.1. The maximum Gasteiger partial charge on any atom is 0.161 e. The third-order valence-electron chi connectivity index (χ3n) is 2.24. The standard InChI is InChI=1S/C12H14N4.ClH/c1-9-8-11(16(2)3)15-12(14-9)10-4-6-13-7-5-10;/h4-8H,1-3H3;1H. The minimum absolute atomic E-state index is 0. The average molecular weight is 251 g/mol. The predicted octanol–water partition coefficient (Wildman–Crippen LogP) is 2.33. The summed E-state index contributed by atoms with van der Waals surface area (Å²) in [4.78, 5) is 14.9. The van der Waals surface area contributed by atoms with E-state index in [2.05, 4.69) is 15.0 Å². The van der Waals surface area contributed by atoms with Crippen LogP contribution < -0.4 is 4.90 Å². The van der Waals surface area contributed by atoms with E-state index >= 15 is 0 Å². The van der Waals surface area contributed by atoms with E-state index in [1.165, 1.54) is 0 Å². The van der Waals surface area contributed by atoms with Crippen LogP contribution in [0.5, 0.6) is 0 Å². The molecule has 0 saturated carbocycles. The lowest BCUT2D eigenvalue weighted by atomic mass is 10.2. The molecule has 0 unspecified atom stereocenters. The molecule has 0 spiro atoms. The highest BCUT2D eigenvalue weighted by Crippen LogP contribution is 2.17. The highest BCUT2D eigenvalue weighted by Gasteiger charge is 2.05. The van der Waals surface area contributed by atoms with Crippen molar-refractivity contribution >= 4 is 18.2 Å². The van der Waals surface area contributed by atoms with Gasteiger partial charge >= 0.3 is 0 Å². The van der Waals surface area contributed by atoms with Gasteiger partial charge in [-0.05, 0) is 19.1 Å². The number of aromatic nitrogens is 3. The zero-order chi connectivity index (χ0) is 11.5. The maximum absolute atomic E-state index is 4.49. The van der Waals surface area contributed by atoms with Crippen molar-refractivity contribution in [3.63, 3.8) is 0 Å². The number of hydrogen-bond donors (Lipinski definition) is 0. The van der Waals surface area contributed by atoms with E-state index in [4.69, 9.17) is 0 Å².